The largest absolute Gasteiger partial charge is 0.384 e. The number of nitrogens with one attached hydrogen (secondary N) is 1. The van der Waals surface area contributed by atoms with Crippen LogP contribution in [0.4, 0.5) is 5.82 Å². The zero-order valence-corrected chi connectivity index (χ0v) is 11.5. The van der Waals surface area contributed by atoms with Crippen LogP contribution in [0.25, 0.3) is 0 Å². The number of rotatable bonds is 5. The van der Waals surface area contributed by atoms with E-state index in [1.165, 1.54) is 7.11 Å². The number of nitrogens with zero attached hydrogens (tertiary/aromatic N) is 2. The minimum Gasteiger partial charge on any atom is -0.384 e. The third-order valence-corrected chi connectivity index (χ3v) is 3.09. The Morgan fingerprint density at radius 2 is 2.15 bits per heavy atom. The Morgan fingerprint density at radius 1 is 1.45 bits per heavy atom. The number of carbonyl (C=O) groups excluding carboxylic acids is 1. The molecule has 0 aliphatic rings. The Hall–Kier alpha value is -2.34. The first kappa shape index (κ1) is 14.1. The second kappa shape index (κ2) is 6.21. The Bertz CT molecular complexity index is 580. The molecule has 2 rings (SSSR count). The summed E-state index contributed by atoms with van der Waals surface area (Å²) in [6.07, 6.45) is 1.01. The van der Waals surface area contributed by atoms with Gasteiger partial charge in [0.25, 0.3) is 5.91 Å². The summed E-state index contributed by atoms with van der Waals surface area (Å²) in [5.41, 5.74) is 7.42. The summed E-state index contributed by atoms with van der Waals surface area (Å²) in [6, 6.07) is 9.34. The molecule has 6 nitrogen and oxygen atoms in total. The molecule has 0 saturated heterocycles. The number of carbonyl (C=O) groups is 1. The summed E-state index contributed by atoms with van der Waals surface area (Å²) in [5.74, 6) is 0.334. The number of ether oxygens (including phenoxy) is 1. The molecule has 1 heterocycles. The fraction of sp³-hybridized carbons (Fsp3) is 0.286. The Morgan fingerprint density at radius 3 is 2.70 bits per heavy atom. The smallest absolute Gasteiger partial charge is 0.254 e. The zero-order valence-electron chi connectivity index (χ0n) is 11.5. The summed E-state index contributed by atoms with van der Waals surface area (Å²) in [4.78, 5) is 12.2. The number of hydrogen-bond donors (Lipinski definition) is 2. The molecule has 0 aliphatic carbocycles. The third kappa shape index (κ3) is 2.97. The van der Waals surface area contributed by atoms with Crippen molar-refractivity contribution >= 4 is 11.7 Å². The van der Waals surface area contributed by atoms with E-state index >= 15 is 0 Å². The van der Waals surface area contributed by atoms with Crippen LogP contribution in [-0.4, -0.2) is 22.8 Å². The van der Waals surface area contributed by atoms with E-state index in [2.05, 4.69) is 10.4 Å². The lowest BCUT2D eigenvalue weighted by atomic mass is 10.1. The average molecular weight is 274 g/mol. The normalized spacial score (nSPS) is 12.1. The van der Waals surface area contributed by atoms with Gasteiger partial charge in [0.2, 0.25) is 0 Å². The van der Waals surface area contributed by atoms with Gasteiger partial charge in [-0.2, -0.15) is 5.10 Å². The van der Waals surface area contributed by atoms with Crippen molar-refractivity contribution in [3.63, 3.8) is 0 Å². The summed E-state index contributed by atoms with van der Waals surface area (Å²) < 4.78 is 6.82. The average Bonchev–Trinajstić information content (AvgIpc) is 2.78. The van der Waals surface area contributed by atoms with Gasteiger partial charge in [-0.25, -0.2) is 0 Å². The van der Waals surface area contributed by atoms with Crippen LogP contribution in [0.3, 0.4) is 0 Å². The van der Waals surface area contributed by atoms with Crippen LogP contribution in [0.15, 0.2) is 36.5 Å². The highest BCUT2D eigenvalue weighted by molar-refractivity contribution is 5.82. The van der Waals surface area contributed by atoms with Gasteiger partial charge in [0.1, 0.15) is 5.82 Å². The first-order valence-electron chi connectivity index (χ1n) is 6.25. The van der Waals surface area contributed by atoms with E-state index in [-0.39, 0.29) is 5.91 Å². The fourth-order valence-electron chi connectivity index (χ4n) is 1.93. The van der Waals surface area contributed by atoms with E-state index in [0.717, 1.165) is 11.1 Å². The number of benzene rings is 1. The SMILES string of the molecule is COC(C(=O)NCc1cnn(C)c1N)c1ccccc1. The van der Waals surface area contributed by atoms with Crippen molar-refractivity contribution in [2.24, 2.45) is 7.05 Å². The first-order chi connectivity index (χ1) is 9.63. The predicted octanol–water partition coefficient (Wildman–Crippen LogP) is 1.01. The van der Waals surface area contributed by atoms with Crippen molar-refractivity contribution in [2.45, 2.75) is 12.6 Å². The summed E-state index contributed by atoms with van der Waals surface area (Å²) in [6.45, 7) is 0.325. The number of anilines is 1. The van der Waals surface area contributed by atoms with Crippen molar-refractivity contribution in [1.82, 2.24) is 15.1 Å². The van der Waals surface area contributed by atoms with Gasteiger partial charge >= 0.3 is 0 Å². The number of aromatic nitrogens is 2. The van der Waals surface area contributed by atoms with Crippen molar-refractivity contribution in [1.29, 1.82) is 0 Å². The Kier molecular flexibility index (Phi) is 4.37. The number of nitrogen functional groups attached to an aromatic ring is 1. The van der Waals surface area contributed by atoms with Gasteiger partial charge in [-0.05, 0) is 5.56 Å². The summed E-state index contributed by atoms with van der Waals surface area (Å²) >= 11 is 0. The molecule has 1 atom stereocenters. The molecule has 0 saturated carbocycles. The Labute approximate surface area is 117 Å². The molecule has 6 heteroatoms. The van der Waals surface area contributed by atoms with E-state index in [1.807, 2.05) is 30.3 Å². The summed E-state index contributed by atoms with van der Waals surface area (Å²) in [5, 5.41) is 6.83. The molecular weight excluding hydrogens is 256 g/mol. The number of amides is 1. The van der Waals surface area contributed by atoms with Crippen LogP contribution in [0.5, 0.6) is 0 Å². The van der Waals surface area contributed by atoms with Gasteiger partial charge in [0.15, 0.2) is 6.10 Å². The highest BCUT2D eigenvalue weighted by Crippen LogP contribution is 2.17. The monoisotopic (exact) mass is 274 g/mol. The number of methoxy groups -OCH3 is 1. The van der Waals surface area contributed by atoms with Crippen LogP contribution in [0, 0.1) is 0 Å². The molecule has 0 bridgehead atoms. The van der Waals surface area contributed by atoms with Gasteiger partial charge in [0.05, 0.1) is 6.20 Å². The molecule has 1 aromatic carbocycles. The van der Waals surface area contributed by atoms with Crippen molar-refractivity contribution in [2.75, 3.05) is 12.8 Å². The molecular formula is C14H18N4O2. The van der Waals surface area contributed by atoms with E-state index in [0.29, 0.717) is 12.4 Å². The van der Waals surface area contributed by atoms with Gasteiger partial charge < -0.3 is 15.8 Å². The molecule has 106 valence electrons. The molecule has 2 aromatic rings. The molecule has 0 aliphatic heterocycles. The molecule has 1 amide bonds. The quantitative estimate of drug-likeness (QED) is 0.852. The molecule has 0 fully saturated rings. The van der Waals surface area contributed by atoms with Crippen LogP contribution < -0.4 is 11.1 Å². The summed E-state index contributed by atoms with van der Waals surface area (Å²) in [7, 11) is 3.26. The second-order valence-electron chi connectivity index (χ2n) is 4.42. The lowest BCUT2D eigenvalue weighted by molar-refractivity contribution is -0.131. The van der Waals surface area contributed by atoms with E-state index < -0.39 is 6.10 Å². The van der Waals surface area contributed by atoms with Gasteiger partial charge in [-0.1, -0.05) is 30.3 Å². The second-order valence-corrected chi connectivity index (χ2v) is 4.42. The van der Waals surface area contributed by atoms with E-state index in [1.54, 1.807) is 17.9 Å². The highest BCUT2D eigenvalue weighted by Gasteiger charge is 2.19. The minimum atomic E-state index is -0.630. The number of nitrogens with two attached hydrogens (primary N) is 1. The lowest BCUT2D eigenvalue weighted by Crippen LogP contribution is -2.30. The Balaban J connectivity index is 2.02. The maximum atomic E-state index is 12.2. The molecule has 0 radical (unpaired) electrons. The van der Waals surface area contributed by atoms with Crippen molar-refractivity contribution < 1.29 is 9.53 Å². The minimum absolute atomic E-state index is 0.207. The third-order valence-electron chi connectivity index (χ3n) is 3.09. The molecule has 20 heavy (non-hydrogen) atoms. The number of aryl methyl sites for hydroxylation is 1. The standard InChI is InChI=1S/C14H18N4O2/c1-18-13(15)11(9-17-18)8-16-14(19)12(20-2)10-6-4-3-5-7-10/h3-7,9,12H,8,15H2,1-2H3,(H,16,19). The predicted molar refractivity (Wildman–Crippen MR) is 75.7 cm³/mol. The topological polar surface area (TPSA) is 82.2 Å². The molecule has 1 aromatic heterocycles. The van der Waals surface area contributed by atoms with Crippen molar-refractivity contribution in [3.8, 4) is 0 Å². The first-order valence-corrected chi connectivity index (χ1v) is 6.25. The highest BCUT2D eigenvalue weighted by atomic mass is 16.5. The zero-order chi connectivity index (χ0) is 14.5. The van der Waals surface area contributed by atoms with Crippen molar-refractivity contribution in [3.05, 3.63) is 47.7 Å². The van der Waals surface area contributed by atoms with E-state index in [4.69, 9.17) is 10.5 Å². The van der Waals surface area contributed by atoms with Crippen LogP contribution in [0.2, 0.25) is 0 Å². The maximum Gasteiger partial charge on any atom is 0.254 e. The fourth-order valence-corrected chi connectivity index (χ4v) is 1.93. The van der Waals surface area contributed by atoms with Crippen LogP contribution in [0.1, 0.15) is 17.2 Å². The molecule has 0 spiro atoms. The van der Waals surface area contributed by atoms with Crippen LogP contribution >= 0.6 is 0 Å². The van der Waals surface area contributed by atoms with Crippen LogP contribution in [-0.2, 0) is 23.1 Å². The lowest BCUT2D eigenvalue weighted by Gasteiger charge is -2.15. The molecule has 1 unspecified atom stereocenters. The van der Waals surface area contributed by atoms with Gasteiger partial charge in [-0.15, -0.1) is 0 Å². The van der Waals surface area contributed by atoms with Gasteiger partial charge in [-0.3, -0.25) is 9.48 Å². The maximum absolute atomic E-state index is 12.2. The van der Waals surface area contributed by atoms with Gasteiger partial charge in [0, 0.05) is 26.3 Å². The number of hydrogen-bond acceptors (Lipinski definition) is 4. The van der Waals surface area contributed by atoms with E-state index in [9.17, 15) is 4.79 Å². The molecule has 3 N–H and O–H groups in total.